The zero-order chi connectivity index (χ0) is 10.0. The third kappa shape index (κ3) is 1.93. The van der Waals surface area contributed by atoms with Crippen molar-refractivity contribution >= 4 is 11.5 Å². The highest BCUT2D eigenvalue weighted by molar-refractivity contribution is 6.14. The monoisotopic (exact) mass is 180 g/mol. The number of aryl methyl sites for hydroxylation is 1. The number of carbonyl (C=O) groups is 1. The number of benzene rings is 1. The Balaban J connectivity index is 3.21. The van der Waals surface area contributed by atoms with E-state index in [-0.39, 0.29) is 5.57 Å². The molecule has 1 rings (SSSR count). The lowest BCUT2D eigenvalue weighted by Crippen LogP contribution is -2.00. The number of hydrogen-bond donors (Lipinski definition) is 1. The Hall–Kier alpha value is -1.64. The Bertz CT molecular complexity index is 369. The topological polar surface area (TPSA) is 37.3 Å². The van der Waals surface area contributed by atoms with Crippen LogP contribution in [0.1, 0.15) is 11.1 Å². The predicted molar refractivity (Wildman–Crippen MR) is 47.8 cm³/mol. The quantitative estimate of drug-likeness (QED) is 0.708. The molecule has 0 aromatic heterocycles. The highest BCUT2D eigenvalue weighted by Gasteiger charge is 2.10. The molecule has 0 aliphatic carbocycles. The minimum Gasteiger partial charge on any atom is -0.478 e. The molecule has 0 fully saturated rings. The van der Waals surface area contributed by atoms with Gasteiger partial charge in [0.1, 0.15) is 5.82 Å². The molecule has 0 saturated carbocycles. The van der Waals surface area contributed by atoms with Crippen molar-refractivity contribution in [2.24, 2.45) is 0 Å². The van der Waals surface area contributed by atoms with Gasteiger partial charge in [0, 0.05) is 0 Å². The van der Waals surface area contributed by atoms with E-state index in [2.05, 4.69) is 6.58 Å². The van der Waals surface area contributed by atoms with Gasteiger partial charge in [-0.1, -0.05) is 12.6 Å². The second kappa shape index (κ2) is 3.39. The van der Waals surface area contributed by atoms with E-state index in [4.69, 9.17) is 5.11 Å². The Morgan fingerprint density at radius 3 is 2.69 bits per heavy atom. The smallest absolute Gasteiger partial charge is 0.335 e. The van der Waals surface area contributed by atoms with Crippen LogP contribution in [0, 0.1) is 12.7 Å². The molecule has 0 amide bonds. The highest BCUT2D eigenvalue weighted by atomic mass is 19.1. The molecule has 0 heterocycles. The Morgan fingerprint density at radius 1 is 1.54 bits per heavy atom. The van der Waals surface area contributed by atoms with Crippen molar-refractivity contribution < 1.29 is 14.3 Å². The van der Waals surface area contributed by atoms with Gasteiger partial charge in [-0.15, -0.1) is 0 Å². The fourth-order valence-electron chi connectivity index (χ4n) is 1.03. The van der Waals surface area contributed by atoms with Crippen LogP contribution in [-0.2, 0) is 4.79 Å². The Morgan fingerprint density at radius 2 is 2.15 bits per heavy atom. The molecule has 0 bridgehead atoms. The lowest BCUT2D eigenvalue weighted by molar-refractivity contribution is -0.130. The fourth-order valence-corrected chi connectivity index (χ4v) is 1.03. The summed E-state index contributed by atoms with van der Waals surface area (Å²) in [7, 11) is 0. The van der Waals surface area contributed by atoms with E-state index in [9.17, 15) is 9.18 Å². The average Bonchev–Trinajstić information content (AvgIpc) is 2.08. The van der Waals surface area contributed by atoms with Gasteiger partial charge in [0.25, 0.3) is 0 Å². The summed E-state index contributed by atoms with van der Waals surface area (Å²) in [5.41, 5.74) is 0.957. The van der Waals surface area contributed by atoms with Gasteiger partial charge in [0.05, 0.1) is 5.57 Å². The van der Waals surface area contributed by atoms with Crippen LogP contribution in [0.4, 0.5) is 4.39 Å². The number of rotatable bonds is 2. The zero-order valence-corrected chi connectivity index (χ0v) is 7.17. The van der Waals surface area contributed by atoms with E-state index in [0.29, 0.717) is 11.1 Å². The lowest BCUT2D eigenvalue weighted by atomic mass is 10.0. The van der Waals surface area contributed by atoms with Gasteiger partial charge in [0.2, 0.25) is 0 Å². The molecule has 1 aromatic rings. The maximum Gasteiger partial charge on any atom is 0.335 e. The summed E-state index contributed by atoms with van der Waals surface area (Å²) in [5.74, 6) is -1.59. The molecule has 0 atom stereocenters. The summed E-state index contributed by atoms with van der Waals surface area (Å²) in [4.78, 5) is 10.5. The number of carboxylic acids is 1. The molecule has 1 N–H and O–H groups in total. The third-order valence-electron chi connectivity index (χ3n) is 1.78. The van der Waals surface area contributed by atoms with Crippen LogP contribution < -0.4 is 0 Å². The van der Waals surface area contributed by atoms with Crippen LogP contribution in [0.3, 0.4) is 0 Å². The van der Waals surface area contributed by atoms with Crippen molar-refractivity contribution in [2.75, 3.05) is 0 Å². The first-order valence-corrected chi connectivity index (χ1v) is 3.71. The molecule has 0 radical (unpaired) electrons. The first-order valence-electron chi connectivity index (χ1n) is 3.71. The van der Waals surface area contributed by atoms with Crippen molar-refractivity contribution in [1.82, 2.24) is 0 Å². The van der Waals surface area contributed by atoms with Gasteiger partial charge in [0.15, 0.2) is 0 Å². The summed E-state index contributed by atoms with van der Waals surface area (Å²) in [6, 6.07) is 3.98. The van der Waals surface area contributed by atoms with Crippen molar-refractivity contribution in [3.63, 3.8) is 0 Å². The summed E-state index contributed by atoms with van der Waals surface area (Å²) in [5, 5.41) is 8.63. The van der Waals surface area contributed by atoms with E-state index in [1.165, 1.54) is 18.2 Å². The Kier molecular flexibility index (Phi) is 2.46. The number of halogens is 1. The summed E-state index contributed by atoms with van der Waals surface area (Å²) < 4.78 is 12.7. The van der Waals surface area contributed by atoms with E-state index < -0.39 is 11.8 Å². The van der Waals surface area contributed by atoms with Crippen LogP contribution in [0.5, 0.6) is 0 Å². The normalized spacial score (nSPS) is 9.69. The fraction of sp³-hybridized carbons (Fsp3) is 0.100. The number of aliphatic carboxylic acids is 1. The maximum absolute atomic E-state index is 12.7. The predicted octanol–water partition coefficient (Wildman–Crippen LogP) is 2.23. The van der Waals surface area contributed by atoms with Gasteiger partial charge >= 0.3 is 5.97 Å². The first kappa shape index (κ1) is 9.45. The minimum absolute atomic E-state index is 0.0861. The lowest BCUT2D eigenvalue weighted by Gasteiger charge is -2.04. The number of hydrogen-bond acceptors (Lipinski definition) is 1. The van der Waals surface area contributed by atoms with Gasteiger partial charge in [-0.25, -0.2) is 9.18 Å². The summed E-state index contributed by atoms with van der Waals surface area (Å²) in [6.07, 6.45) is 0. The molecule has 2 nitrogen and oxygen atoms in total. The summed E-state index contributed by atoms with van der Waals surface area (Å²) >= 11 is 0. The molecule has 0 aliphatic heterocycles. The first-order chi connectivity index (χ1) is 6.02. The van der Waals surface area contributed by atoms with Gasteiger partial charge < -0.3 is 5.11 Å². The Labute approximate surface area is 75.3 Å². The van der Waals surface area contributed by atoms with Crippen molar-refractivity contribution in [3.05, 3.63) is 41.7 Å². The standard InChI is InChI=1S/C10H9FO2/c1-6-3-4-8(11)5-9(6)7(2)10(12)13/h3-5H,2H2,1H3,(H,12,13). The van der Waals surface area contributed by atoms with Crippen molar-refractivity contribution in [2.45, 2.75) is 6.92 Å². The van der Waals surface area contributed by atoms with E-state index >= 15 is 0 Å². The second-order valence-electron chi connectivity index (χ2n) is 2.74. The highest BCUT2D eigenvalue weighted by Crippen LogP contribution is 2.18. The molecule has 68 valence electrons. The van der Waals surface area contributed by atoms with Crippen molar-refractivity contribution in [1.29, 1.82) is 0 Å². The zero-order valence-electron chi connectivity index (χ0n) is 7.17. The second-order valence-corrected chi connectivity index (χ2v) is 2.74. The molecule has 3 heteroatoms. The van der Waals surface area contributed by atoms with Crippen LogP contribution in [-0.4, -0.2) is 11.1 Å². The van der Waals surface area contributed by atoms with Gasteiger partial charge in [-0.05, 0) is 30.2 Å². The average molecular weight is 180 g/mol. The van der Waals surface area contributed by atoms with E-state index in [1.807, 2.05) is 0 Å². The van der Waals surface area contributed by atoms with Crippen LogP contribution >= 0.6 is 0 Å². The van der Waals surface area contributed by atoms with E-state index in [1.54, 1.807) is 6.92 Å². The van der Waals surface area contributed by atoms with Crippen LogP contribution in [0.25, 0.3) is 5.57 Å². The van der Waals surface area contributed by atoms with Gasteiger partial charge in [-0.2, -0.15) is 0 Å². The van der Waals surface area contributed by atoms with Crippen molar-refractivity contribution in [3.8, 4) is 0 Å². The third-order valence-corrected chi connectivity index (χ3v) is 1.78. The van der Waals surface area contributed by atoms with E-state index in [0.717, 1.165) is 0 Å². The molecule has 0 spiro atoms. The summed E-state index contributed by atoms with van der Waals surface area (Å²) in [6.45, 7) is 5.07. The molecule has 1 aromatic carbocycles. The van der Waals surface area contributed by atoms with Crippen LogP contribution in [0.15, 0.2) is 24.8 Å². The molecule has 0 unspecified atom stereocenters. The largest absolute Gasteiger partial charge is 0.478 e. The molecule has 0 saturated heterocycles. The molecular formula is C10H9FO2. The van der Waals surface area contributed by atoms with Gasteiger partial charge in [-0.3, -0.25) is 0 Å². The minimum atomic E-state index is -1.13. The maximum atomic E-state index is 12.7. The molecule has 13 heavy (non-hydrogen) atoms. The SMILES string of the molecule is C=C(C(=O)O)c1cc(F)ccc1C. The molecule has 0 aliphatic rings. The van der Waals surface area contributed by atoms with Crippen LogP contribution in [0.2, 0.25) is 0 Å². The molecular weight excluding hydrogens is 171 g/mol. The number of carboxylic acid groups (broad SMARTS) is 1.